The molecule has 0 aliphatic carbocycles. The molecule has 1 aliphatic rings. The van der Waals surface area contributed by atoms with Crippen LogP contribution < -0.4 is 21.3 Å². The first-order chi connectivity index (χ1) is 23.7. The molecule has 0 saturated heterocycles. The van der Waals surface area contributed by atoms with Crippen LogP contribution in [0.4, 0.5) is 0 Å². The van der Waals surface area contributed by atoms with E-state index in [9.17, 15) is 33.6 Å². The fraction of sp³-hybridized carbons (Fsp3) is 0.676. The van der Waals surface area contributed by atoms with Crippen LogP contribution in [0.1, 0.15) is 85.0 Å². The minimum Gasteiger partial charge on any atom is -0.392 e. The highest BCUT2D eigenvalue weighted by Gasteiger charge is 2.25. The van der Waals surface area contributed by atoms with Crippen LogP contribution in [-0.4, -0.2) is 119 Å². The van der Waals surface area contributed by atoms with Crippen molar-refractivity contribution in [1.82, 2.24) is 31.1 Å². The lowest BCUT2D eigenvalue weighted by atomic mass is 10.1. The summed E-state index contributed by atoms with van der Waals surface area (Å²) in [7, 11) is 5.04. The van der Waals surface area contributed by atoms with E-state index in [0.29, 0.717) is 45.3 Å². The number of nitrogens with zero attached hydrogens (tertiary/aromatic N) is 2. The van der Waals surface area contributed by atoms with E-state index in [1.807, 2.05) is 0 Å². The fourth-order valence-corrected chi connectivity index (χ4v) is 6.72. The van der Waals surface area contributed by atoms with Crippen molar-refractivity contribution in [3.63, 3.8) is 0 Å². The van der Waals surface area contributed by atoms with Gasteiger partial charge in [0, 0.05) is 87.8 Å². The molecule has 7 amide bonds. The summed E-state index contributed by atoms with van der Waals surface area (Å²) in [6.07, 6.45) is 10.0. The Labute approximate surface area is 304 Å². The van der Waals surface area contributed by atoms with E-state index in [0.717, 1.165) is 48.5 Å². The van der Waals surface area contributed by atoms with Gasteiger partial charge in [0.1, 0.15) is 6.04 Å². The van der Waals surface area contributed by atoms with Crippen molar-refractivity contribution in [2.75, 3.05) is 52.1 Å². The quantitative estimate of drug-likeness (QED) is 0.0378. The zero-order chi connectivity index (χ0) is 37.4. The van der Waals surface area contributed by atoms with Gasteiger partial charge < -0.3 is 31.3 Å². The molecule has 16 heteroatoms. The molecular formula is C34H56N6O8S2. The Morgan fingerprint density at radius 2 is 1.42 bits per heavy atom. The summed E-state index contributed by atoms with van der Waals surface area (Å²) in [5.41, 5.74) is 0. The highest BCUT2D eigenvalue weighted by molar-refractivity contribution is 8.77. The normalized spacial score (nSPS) is 13.4. The smallest absolute Gasteiger partial charge is 0.253 e. The molecule has 0 radical (unpaired) electrons. The van der Waals surface area contributed by atoms with Crippen molar-refractivity contribution < 1.29 is 38.7 Å². The number of rotatable bonds is 26. The lowest BCUT2D eigenvalue weighted by Gasteiger charge is -2.20. The standard InChI is InChI=1S/C34H56N6O8S2/c1-34(2,3)50-49-25-18-28(43)36-19-8-5-6-9-21-37-33(48)26(38-29(44)17-23-40-31(46)14-15-32(40)47)12-7-10-20-35-27(42)16-22-39(4)30(45)13-11-24-41/h11,13-15,26,41H,5-10,12,16-25H2,1-4H3,(H,35,42)(H,36,43)(H,37,48)(H,38,44)/b13-11-/t26-/m0/s1. The maximum Gasteiger partial charge on any atom is 0.253 e. The van der Waals surface area contributed by atoms with E-state index in [2.05, 4.69) is 42.0 Å². The molecule has 1 rings (SSSR count). The zero-order valence-electron chi connectivity index (χ0n) is 29.9. The summed E-state index contributed by atoms with van der Waals surface area (Å²) >= 11 is 0. The average Bonchev–Trinajstić information content (AvgIpc) is 3.39. The highest BCUT2D eigenvalue weighted by atomic mass is 33.1. The van der Waals surface area contributed by atoms with Crippen molar-refractivity contribution in [1.29, 1.82) is 0 Å². The van der Waals surface area contributed by atoms with Crippen LogP contribution in [0.15, 0.2) is 24.3 Å². The van der Waals surface area contributed by atoms with Gasteiger partial charge in [-0.2, -0.15) is 0 Å². The summed E-state index contributed by atoms with van der Waals surface area (Å²) in [5.74, 6) is -1.49. The molecule has 0 aromatic rings. The van der Waals surface area contributed by atoms with Crippen LogP contribution in [0.5, 0.6) is 0 Å². The third kappa shape index (κ3) is 21.7. The number of hydrogen-bond acceptors (Lipinski definition) is 10. The first-order valence-corrected chi connectivity index (χ1v) is 19.5. The maximum atomic E-state index is 13.0. The van der Waals surface area contributed by atoms with E-state index in [1.165, 1.54) is 17.1 Å². The molecule has 1 heterocycles. The predicted octanol–water partition coefficient (Wildman–Crippen LogP) is 1.83. The van der Waals surface area contributed by atoms with E-state index < -0.39 is 23.8 Å². The number of carbonyl (C=O) groups excluding carboxylic acids is 7. The van der Waals surface area contributed by atoms with Gasteiger partial charge in [-0.3, -0.25) is 38.5 Å². The average molecular weight is 741 g/mol. The number of hydrogen-bond donors (Lipinski definition) is 5. The van der Waals surface area contributed by atoms with Gasteiger partial charge >= 0.3 is 0 Å². The highest BCUT2D eigenvalue weighted by Crippen LogP contribution is 2.35. The monoisotopic (exact) mass is 740 g/mol. The fourth-order valence-electron chi connectivity index (χ4n) is 4.46. The second kappa shape index (κ2) is 25.6. The van der Waals surface area contributed by atoms with Crippen molar-refractivity contribution in [3.8, 4) is 0 Å². The van der Waals surface area contributed by atoms with Crippen LogP contribution >= 0.6 is 21.6 Å². The van der Waals surface area contributed by atoms with Gasteiger partial charge in [-0.05, 0) is 32.1 Å². The number of unbranched alkanes of at least 4 members (excludes halogenated alkanes) is 4. The lowest BCUT2D eigenvalue weighted by Crippen LogP contribution is -2.47. The molecule has 0 spiro atoms. The molecule has 0 aromatic carbocycles. The van der Waals surface area contributed by atoms with E-state index in [4.69, 9.17) is 5.11 Å². The number of nitrogens with one attached hydrogen (secondary N) is 4. The molecule has 1 atom stereocenters. The van der Waals surface area contributed by atoms with Gasteiger partial charge in [0.25, 0.3) is 11.8 Å². The Kier molecular flexibility index (Phi) is 22.8. The number of aliphatic hydroxyl groups excluding tert-OH is 1. The summed E-state index contributed by atoms with van der Waals surface area (Å²) in [6.45, 7) is 7.69. The molecule has 0 unspecified atom stereocenters. The number of carbonyl (C=O) groups is 7. The summed E-state index contributed by atoms with van der Waals surface area (Å²) in [5, 5.41) is 20.1. The summed E-state index contributed by atoms with van der Waals surface area (Å²) < 4.78 is 0.163. The molecule has 0 aromatic heterocycles. The first kappa shape index (κ1) is 44.7. The Bertz CT molecular complexity index is 1170. The largest absolute Gasteiger partial charge is 0.392 e. The van der Waals surface area contributed by atoms with Gasteiger partial charge in [0.05, 0.1) is 6.61 Å². The van der Waals surface area contributed by atoms with Gasteiger partial charge in [-0.1, -0.05) is 61.3 Å². The van der Waals surface area contributed by atoms with Crippen LogP contribution in [0, 0.1) is 0 Å². The maximum absolute atomic E-state index is 13.0. The van der Waals surface area contributed by atoms with E-state index in [-0.39, 0.29) is 60.9 Å². The predicted molar refractivity (Wildman–Crippen MR) is 197 cm³/mol. The Hall–Kier alpha value is -3.37. The molecular weight excluding hydrogens is 685 g/mol. The van der Waals surface area contributed by atoms with Crippen molar-refractivity contribution >= 4 is 62.9 Å². The van der Waals surface area contributed by atoms with Gasteiger partial charge in [0.2, 0.25) is 29.5 Å². The van der Waals surface area contributed by atoms with Crippen molar-refractivity contribution in [2.24, 2.45) is 0 Å². The molecule has 14 nitrogen and oxygen atoms in total. The van der Waals surface area contributed by atoms with Crippen molar-refractivity contribution in [3.05, 3.63) is 24.3 Å². The molecule has 0 saturated carbocycles. The molecule has 50 heavy (non-hydrogen) atoms. The molecule has 0 fully saturated rings. The molecule has 0 bridgehead atoms. The lowest BCUT2D eigenvalue weighted by molar-refractivity contribution is -0.138. The number of aliphatic hydroxyl groups is 1. The Morgan fingerprint density at radius 3 is 2.02 bits per heavy atom. The van der Waals surface area contributed by atoms with Crippen molar-refractivity contribution in [2.45, 2.75) is 95.8 Å². The van der Waals surface area contributed by atoms with Crippen LogP contribution in [0.3, 0.4) is 0 Å². The second-order valence-corrected chi connectivity index (χ2v) is 16.0. The van der Waals surface area contributed by atoms with Crippen LogP contribution in [0.2, 0.25) is 0 Å². The van der Waals surface area contributed by atoms with Crippen LogP contribution in [-0.2, 0) is 33.6 Å². The van der Waals surface area contributed by atoms with Gasteiger partial charge in [0.15, 0.2) is 0 Å². The van der Waals surface area contributed by atoms with Gasteiger partial charge in [-0.25, -0.2) is 0 Å². The molecule has 282 valence electrons. The first-order valence-electron chi connectivity index (χ1n) is 17.2. The Morgan fingerprint density at radius 1 is 0.840 bits per heavy atom. The summed E-state index contributed by atoms with van der Waals surface area (Å²) in [4.78, 5) is 87.7. The minimum atomic E-state index is -0.830. The third-order valence-electron chi connectivity index (χ3n) is 7.22. The number of amides is 7. The van der Waals surface area contributed by atoms with E-state index in [1.54, 1.807) is 28.6 Å². The summed E-state index contributed by atoms with van der Waals surface area (Å²) in [6, 6.07) is -0.830. The topological polar surface area (TPSA) is 194 Å². The minimum absolute atomic E-state index is 0.0506. The van der Waals surface area contributed by atoms with E-state index >= 15 is 0 Å². The third-order valence-corrected chi connectivity index (χ3v) is 10.6. The van der Waals surface area contributed by atoms with Crippen LogP contribution in [0.25, 0.3) is 0 Å². The molecule has 1 aliphatic heterocycles. The number of imide groups is 1. The second-order valence-electron chi connectivity index (χ2n) is 12.8. The molecule has 5 N–H and O–H groups in total. The zero-order valence-corrected chi connectivity index (χ0v) is 31.6. The Balaban J connectivity index is 2.41. The number of likely N-dealkylation sites (N-methyl/N-ethyl adjacent to an activating group) is 1. The SMILES string of the molecule is CN(CCC(=O)NCCCC[C@H](NC(=O)CCN1C(=O)C=CC1=O)C(=O)NCCCCCCNC(=O)CCSSC(C)(C)C)C(=O)/C=C\CO. The van der Waals surface area contributed by atoms with Gasteiger partial charge in [-0.15, -0.1) is 0 Å².